The number of thiazole rings is 1. The van der Waals surface area contributed by atoms with Crippen LogP contribution in [-0.4, -0.2) is 39.3 Å². The van der Waals surface area contributed by atoms with Crippen LogP contribution >= 0.6 is 22.9 Å². The highest BCUT2D eigenvalue weighted by Gasteiger charge is 2.40. The first-order valence-electron chi connectivity index (χ1n) is 6.98. The van der Waals surface area contributed by atoms with Crippen molar-refractivity contribution in [1.29, 1.82) is 0 Å². The third-order valence-electron chi connectivity index (χ3n) is 3.40. The molecule has 0 bridgehead atoms. The predicted molar refractivity (Wildman–Crippen MR) is 87.7 cm³/mol. The molecule has 0 fully saturated rings. The minimum absolute atomic E-state index is 0.181. The molecule has 0 aliphatic rings. The van der Waals surface area contributed by atoms with Crippen molar-refractivity contribution in [2.75, 3.05) is 6.54 Å². The second-order valence-corrected chi connectivity index (χ2v) is 6.63. The molecule has 0 aliphatic heterocycles. The van der Waals surface area contributed by atoms with Crippen molar-refractivity contribution in [2.45, 2.75) is 12.2 Å². The second kappa shape index (κ2) is 6.62. The number of nitrogens with two attached hydrogens (primary N) is 1. The van der Waals surface area contributed by atoms with E-state index in [1.54, 1.807) is 28.9 Å². The van der Waals surface area contributed by atoms with Gasteiger partial charge in [0.25, 0.3) is 5.91 Å². The minimum atomic E-state index is -4.64. The number of pyridine rings is 1. The van der Waals surface area contributed by atoms with E-state index < -0.39 is 24.7 Å². The lowest BCUT2D eigenvalue weighted by Gasteiger charge is -2.18. The fourth-order valence-corrected chi connectivity index (χ4v) is 3.25. The van der Waals surface area contributed by atoms with E-state index in [-0.39, 0.29) is 15.0 Å². The molecule has 3 N–H and O–H groups in total. The summed E-state index contributed by atoms with van der Waals surface area (Å²) in [6.07, 6.45) is -1.39. The summed E-state index contributed by atoms with van der Waals surface area (Å²) in [5.74, 6) is -0.984. The normalized spacial score (nSPS) is 13.2. The zero-order valence-electron chi connectivity index (χ0n) is 12.4. The van der Waals surface area contributed by atoms with Gasteiger partial charge in [-0.15, -0.1) is 0 Å². The number of nitrogens with one attached hydrogen (secondary N) is 1. The Balaban J connectivity index is 1.91. The Morgan fingerprint density at radius 2 is 2.20 bits per heavy atom. The van der Waals surface area contributed by atoms with Crippen molar-refractivity contribution in [3.8, 4) is 11.3 Å². The zero-order valence-corrected chi connectivity index (χ0v) is 14.0. The van der Waals surface area contributed by atoms with Crippen molar-refractivity contribution in [3.05, 3.63) is 39.9 Å². The number of nitrogens with zero attached hydrogens (tertiary/aromatic N) is 3. The first-order valence-corrected chi connectivity index (χ1v) is 8.17. The molecule has 3 rings (SSSR count). The van der Waals surface area contributed by atoms with E-state index in [2.05, 4.69) is 10.1 Å². The van der Waals surface area contributed by atoms with Gasteiger partial charge in [0.05, 0.1) is 11.7 Å². The van der Waals surface area contributed by atoms with Gasteiger partial charge in [0.2, 0.25) is 0 Å². The lowest BCUT2D eigenvalue weighted by molar-refractivity contribution is -0.150. The van der Waals surface area contributed by atoms with Crippen LogP contribution < -0.4 is 11.1 Å². The lowest BCUT2D eigenvalue weighted by Crippen LogP contribution is -2.49. The van der Waals surface area contributed by atoms with Gasteiger partial charge in [0.1, 0.15) is 16.1 Å². The molecule has 132 valence electrons. The monoisotopic (exact) mass is 389 g/mol. The molecular formula is C14H11ClF3N5OS. The van der Waals surface area contributed by atoms with Crippen LogP contribution in [-0.2, 0) is 0 Å². The molecule has 0 saturated carbocycles. The number of alkyl halides is 3. The fourth-order valence-electron chi connectivity index (χ4n) is 2.18. The van der Waals surface area contributed by atoms with Gasteiger partial charge in [-0.1, -0.05) is 29.0 Å². The number of carbonyl (C=O) groups is 1. The van der Waals surface area contributed by atoms with Gasteiger partial charge in [0.15, 0.2) is 5.01 Å². The molecule has 0 aliphatic carbocycles. The molecule has 6 nitrogen and oxygen atoms in total. The first-order chi connectivity index (χ1) is 11.8. The maximum atomic E-state index is 12.7. The van der Waals surface area contributed by atoms with Crippen molar-refractivity contribution in [2.24, 2.45) is 5.73 Å². The molecule has 0 spiro atoms. The Labute approximate surface area is 148 Å². The molecule has 3 aromatic heterocycles. The number of halogens is 4. The van der Waals surface area contributed by atoms with Gasteiger partial charge in [-0.3, -0.25) is 4.79 Å². The summed E-state index contributed by atoms with van der Waals surface area (Å²) in [7, 11) is 0. The third kappa shape index (κ3) is 3.46. The highest BCUT2D eigenvalue weighted by molar-refractivity contribution is 7.18. The van der Waals surface area contributed by atoms with Gasteiger partial charge >= 0.3 is 6.18 Å². The molecule has 25 heavy (non-hydrogen) atoms. The lowest BCUT2D eigenvalue weighted by atomic mass is 10.2. The summed E-state index contributed by atoms with van der Waals surface area (Å²) in [6, 6.07) is 3.22. The molecule has 3 aromatic rings. The topological polar surface area (TPSA) is 85.3 Å². The molecule has 11 heteroatoms. The number of amides is 1. The van der Waals surface area contributed by atoms with E-state index in [0.29, 0.717) is 11.1 Å². The maximum absolute atomic E-state index is 12.7. The fraction of sp³-hybridized carbons (Fsp3) is 0.214. The van der Waals surface area contributed by atoms with Crippen LogP contribution in [0.15, 0.2) is 30.6 Å². The van der Waals surface area contributed by atoms with Crippen molar-refractivity contribution in [3.63, 3.8) is 0 Å². The van der Waals surface area contributed by atoms with Crippen LogP contribution in [0.25, 0.3) is 16.8 Å². The Hall–Kier alpha value is -2.17. The van der Waals surface area contributed by atoms with Gasteiger partial charge in [-0.05, 0) is 12.1 Å². The number of hydrogen-bond donors (Lipinski definition) is 2. The maximum Gasteiger partial charge on any atom is 0.409 e. The first kappa shape index (κ1) is 17.6. The quantitative estimate of drug-likeness (QED) is 0.718. The minimum Gasteiger partial charge on any atom is -0.337 e. The predicted octanol–water partition coefficient (Wildman–Crippen LogP) is 2.73. The van der Waals surface area contributed by atoms with E-state index in [0.717, 1.165) is 11.3 Å². The number of rotatable bonds is 4. The standard InChI is InChI=1S/C14H11ClF3N5OS/c15-11-10(7-6-20-23-4-2-1-3-8(7)23)22-13(25-11)12(24)21-9(5-19)14(16,17)18/h1-4,6,9H,5,19H2,(H,21,24). The Morgan fingerprint density at radius 3 is 2.88 bits per heavy atom. The van der Waals surface area contributed by atoms with Gasteiger partial charge < -0.3 is 11.1 Å². The van der Waals surface area contributed by atoms with Gasteiger partial charge in [-0.2, -0.15) is 18.3 Å². The van der Waals surface area contributed by atoms with Crippen molar-refractivity contribution >= 4 is 34.4 Å². The van der Waals surface area contributed by atoms with E-state index in [4.69, 9.17) is 17.3 Å². The number of hydrogen-bond acceptors (Lipinski definition) is 5. The SMILES string of the molecule is NCC(NC(=O)c1nc(-c2cnn3ccccc23)c(Cl)s1)C(F)(F)F. The van der Waals surface area contributed by atoms with E-state index >= 15 is 0 Å². The summed E-state index contributed by atoms with van der Waals surface area (Å²) in [5.41, 5.74) is 6.64. The molecule has 0 saturated heterocycles. The number of aromatic nitrogens is 3. The number of carbonyl (C=O) groups excluding carboxylic acids is 1. The Kier molecular flexibility index (Phi) is 4.67. The molecule has 0 aromatic carbocycles. The molecule has 1 amide bonds. The third-order valence-corrected chi connectivity index (χ3v) is 4.65. The largest absolute Gasteiger partial charge is 0.409 e. The molecule has 1 unspecified atom stereocenters. The van der Waals surface area contributed by atoms with Crippen LogP contribution in [0.3, 0.4) is 0 Å². The summed E-state index contributed by atoms with van der Waals surface area (Å²) >= 11 is 6.92. The molecular weight excluding hydrogens is 379 g/mol. The van der Waals surface area contributed by atoms with Crippen molar-refractivity contribution < 1.29 is 18.0 Å². The Bertz CT molecular complexity index is 923. The molecule has 3 heterocycles. The van der Waals surface area contributed by atoms with Gasteiger partial charge in [0, 0.05) is 18.3 Å². The van der Waals surface area contributed by atoms with Crippen LogP contribution in [0.4, 0.5) is 13.2 Å². The zero-order chi connectivity index (χ0) is 18.2. The molecule has 1 atom stereocenters. The Morgan fingerprint density at radius 1 is 1.44 bits per heavy atom. The molecule has 0 radical (unpaired) electrons. The van der Waals surface area contributed by atoms with Crippen LogP contribution in [0, 0.1) is 0 Å². The smallest absolute Gasteiger partial charge is 0.337 e. The highest BCUT2D eigenvalue weighted by atomic mass is 35.5. The van der Waals surface area contributed by atoms with Gasteiger partial charge in [-0.25, -0.2) is 9.50 Å². The second-order valence-electron chi connectivity index (χ2n) is 5.03. The van der Waals surface area contributed by atoms with Crippen molar-refractivity contribution in [1.82, 2.24) is 19.9 Å². The summed E-state index contributed by atoms with van der Waals surface area (Å²) in [4.78, 5) is 16.1. The van der Waals surface area contributed by atoms with Crippen LogP contribution in [0.2, 0.25) is 4.34 Å². The van der Waals surface area contributed by atoms with E-state index in [9.17, 15) is 18.0 Å². The van der Waals surface area contributed by atoms with E-state index in [1.807, 2.05) is 5.32 Å². The van der Waals surface area contributed by atoms with Crippen LogP contribution in [0.5, 0.6) is 0 Å². The average molecular weight is 390 g/mol. The van der Waals surface area contributed by atoms with E-state index in [1.165, 1.54) is 6.20 Å². The van der Waals surface area contributed by atoms with Crippen LogP contribution in [0.1, 0.15) is 9.80 Å². The highest BCUT2D eigenvalue weighted by Crippen LogP contribution is 2.35. The average Bonchev–Trinajstić information content (AvgIpc) is 3.14. The number of fused-ring (bicyclic) bond motifs is 1. The summed E-state index contributed by atoms with van der Waals surface area (Å²) in [6.45, 7) is -0.769. The summed E-state index contributed by atoms with van der Waals surface area (Å²) < 4.78 is 40.0. The summed E-state index contributed by atoms with van der Waals surface area (Å²) in [5, 5.41) is 5.78.